The molecule has 0 aromatic carbocycles. The van der Waals surface area contributed by atoms with Gasteiger partial charge in [-0.2, -0.15) is 0 Å². The van der Waals surface area contributed by atoms with Crippen molar-refractivity contribution in [1.29, 1.82) is 0 Å². The Balaban J connectivity index is 4.47. The van der Waals surface area contributed by atoms with Crippen molar-refractivity contribution in [2.45, 2.75) is 46.5 Å². The Bertz CT molecular complexity index is 362. The maximum absolute atomic E-state index is 11.6. The summed E-state index contributed by atoms with van der Waals surface area (Å²) in [6.07, 6.45) is 6.72. The van der Waals surface area contributed by atoms with Gasteiger partial charge in [0.05, 0.1) is 0 Å². The van der Waals surface area contributed by atoms with Crippen LogP contribution >= 0.6 is 0 Å². The molecule has 5 heteroatoms. The van der Waals surface area contributed by atoms with Gasteiger partial charge in [0.25, 0.3) is 0 Å². The van der Waals surface area contributed by atoms with Gasteiger partial charge < -0.3 is 15.5 Å². The van der Waals surface area contributed by atoms with Crippen LogP contribution in [-0.2, 0) is 4.79 Å². The van der Waals surface area contributed by atoms with Gasteiger partial charge in [0, 0.05) is 27.2 Å². The summed E-state index contributed by atoms with van der Waals surface area (Å²) in [5, 5.41) is 6.49. The minimum absolute atomic E-state index is 0.0121. The zero-order chi connectivity index (χ0) is 17.0. The molecule has 0 bridgehead atoms. The fourth-order valence-corrected chi connectivity index (χ4v) is 1.90. The SMILES string of the molecule is C=CCNC(=NCC(=O)N(C)C)NCC(C)(C)CCCCC. The maximum Gasteiger partial charge on any atom is 0.243 e. The Morgan fingerprint density at radius 1 is 1.27 bits per heavy atom. The van der Waals surface area contributed by atoms with Crippen molar-refractivity contribution >= 4 is 11.9 Å². The fourth-order valence-electron chi connectivity index (χ4n) is 1.90. The minimum atomic E-state index is -0.0121. The molecule has 0 fully saturated rings. The average molecular weight is 310 g/mol. The number of hydrogen-bond acceptors (Lipinski definition) is 2. The monoisotopic (exact) mass is 310 g/mol. The topological polar surface area (TPSA) is 56.7 Å². The van der Waals surface area contributed by atoms with Crippen LogP contribution in [0.2, 0.25) is 0 Å². The van der Waals surface area contributed by atoms with Crippen LogP contribution in [0.25, 0.3) is 0 Å². The first-order valence-electron chi connectivity index (χ1n) is 8.15. The Hall–Kier alpha value is -1.52. The number of carbonyl (C=O) groups is 1. The molecule has 0 aliphatic heterocycles. The molecular formula is C17H34N4O. The van der Waals surface area contributed by atoms with Gasteiger partial charge in [-0.1, -0.05) is 46.1 Å². The van der Waals surface area contributed by atoms with Crippen LogP contribution in [0.3, 0.4) is 0 Å². The van der Waals surface area contributed by atoms with Crippen molar-refractivity contribution in [2.24, 2.45) is 10.4 Å². The summed E-state index contributed by atoms with van der Waals surface area (Å²) in [7, 11) is 3.47. The van der Waals surface area contributed by atoms with Crippen molar-refractivity contribution in [3.05, 3.63) is 12.7 Å². The summed E-state index contributed by atoms with van der Waals surface area (Å²) < 4.78 is 0. The normalized spacial score (nSPS) is 12.0. The van der Waals surface area contributed by atoms with Gasteiger partial charge in [-0.15, -0.1) is 6.58 Å². The molecule has 1 amide bonds. The summed E-state index contributed by atoms with van der Waals surface area (Å²) in [4.78, 5) is 17.5. The predicted molar refractivity (Wildman–Crippen MR) is 95.1 cm³/mol. The Labute approximate surface area is 136 Å². The lowest BCUT2D eigenvalue weighted by Gasteiger charge is -2.26. The van der Waals surface area contributed by atoms with E-state index in [0.29, 0.717) is 12.5 Å². The van der Waals surface area contributed by atoms with Crippen LogP contribution in [0.15, 0.2) is 17.6 Å². The molecule has 0 saturated heterocycles. The molecule has 0 aromatic rings. The summed E-state index contributed by atoms with van der Waals surface area (Å²) in [6, 6.07) is 0. The molecule has 0 rings (SSSR count). The third kappa shape index (κ3) is 10.2. The van der Waals surface area contributed by atoms with E-state index in [-0.39, 0.29) is 17.9 Å². The number of guanidine groups is 1. The van der Waals surface area contributed by atoms with Crippen LogP contribution in [0.1, 0.15) is 46.5 Å². The van der Waals surface area contributed by atoms with E-state index in [0.717, 1.165) is 6.54 Å². The lowest BCUT2D eigenvalue weighted by molar-refractivity contribution is -0.127. The molecule has 2 N–H and O–H groups in total. The molecule has 0 unspecified atom stereocenters. The second-order valence-corrected chi connectivity index (χ2v) is 6.60. The average Bonchev–Trinajstić information content (AvgIpc) is 2.46. The predicted octanol–water partition coefficient (Wildman–Crippen LogP) is 2.40. The van der Waals surface area contributed by atoms with Crippen molar-refractivity contribution in [1.82, 2.24) is 15.5 Å². The maximum atomic E-state index is 11.6. The Morgan fingerprint density at radius 2 is 1.95 bits per heavy atom. The highest BCUT2D eigenvalue weighted by molar-refractivity contribution is 5.84. The van der Waals surface area contributed by atoms with Crippen molar-refractivity contribution in [3.8, 4) is 0 Å². The summed E-state index contributed by atoms with van der Waals surface area (Å²) >= 11 is 0. The number of carbonyl (C=O) groups excluding carboxylic acids is 1. The van der Waals surface area contributed by atoms with Gasteiger partial charge in [-0.25, -0.2) is 4.99 Å². The first-order chi connectivity index (χ1) is 10.3. The zero-order valence-corrected chi connectivity index (χ0v) is 15.0. The van der Waals surface area contributed by atoms with E-state index in [1.165, 1.54) is 25.7 Å². The van der Waals surface area contributed by atoms with Gasteiger partial charge in [-0.3, -0.25) is 4.79 Å². The van der Waals surface area contributed by atoms with Crippen LogP contribution in [0.5, 0.6) is 0 Å². The van der Waals surface area contributed by atoms with E-state index in [1.54, 1.807) is 25.1 Å². The van der Waals surface area contributed by atoms with Crippen LogP contribution in [-0.4, -0.2) is 50.5 Å². The van der Waals surface area contributed by atoms with E-state index in [1.807, 2.05) is 0 Å². The second kappa shape index (κ2) is 11.1. The molecule has 22 heavy (non-hydrogen) atoms. The van der Waals surface area contributed by atoms with Crippen LogP contribution in [0.4, 0.5) is 0 Å². The molecule has 5 nitrogen and oxygen atoms in total. The van der Waals surface area contributed by atoms with Crippen LogP contribution in [0, 0.1) is 5.41 Å². The van der Waals surface area contributed by atoms with E-state index in [9.17, 15) is 4.79 Å². The van der Waals surface area contributed by atoms with Gasteiger partial charge in [-0.05, 0) is 11.8 Å². The first-order valence-corrected chi connectivity index (χ1v) is 8.15. The first kappa shape index (κ1) is 20.5. The number of aliphatic imine (C=N–C) groups is 1. The number of likely N-dealkylation sites (N-methyl/N-ethyl adjacent to an activating group) is 1. The smallest absolute Gasteiger partial charge is 0.243 e. The summed E-state index contributed by atoms with van der Waals surface area (Å²) in [6.45, 7) is 12.0. The highest BCUT2D eigenvalue weighted by atomic mass is 16.2. The Kier molecular flexibility index (Phi) is 10.3. The molecule has 0 atom stereocenters. The van der Waals surface area contributed by atoms with Gasteiger partial charge in [0.15, 0.2) is 5.96 Å². The molecule has 0 aliphatic carbocycles. The standard InChI is InChI=1S/C17H34N4O/c1-7-9-10-11-17(3,4)14-20-16(18-12-8-2)19-13-15(22)21(5)6/h8H,2,7,9-14H2,1,3-6H3,(H2,18,19,20). The molecule has 0 spiro atoms. The van der Waals surface area contributed by atoms with E-state index in [2.05, 4.69) is 43.0 Å². The molecule has 128 valence electrons. The highest BCUT2D eigenvalue weighted by Crippen LogP contribution is 2.22. The second-order valence-electron chi connectivity index (χ2n) is 6.60. The number of unbranched alkanes of at least 4 members (excludes halogenated alkanes) is 2. The number of nitrogens with zero attached hydrogens (tertiary/aromatic N) is 2. The number of amides is 1. The minimum Gasteiger partial charge on any atom is -0.356 e. The molecule has 0 aromatic heterocycles. The van der Waals surface area contributed by atoms with Crippen LogP contribution < -0.4 is 10.6 Å². The third-order valence-electron chi connectivity index (χ3n) is 3.48. The fraction of sp³-hybridized carbons (Fsp3) is 0.765. The number of nitrogens with one attached hydrogen (secondary N) is 2. The number of hydrogen-bond donors (Lipinski definition) is 2. The molecule has 0 aliphatic rings. The van der Waals surface area contributed by atoms with Gasteiger partial charge >= 0.3 is 0 Å². The largest absolute Gasteiger partial charge is 0.356 e. The van der Waals surface area contributed by atoms with Crippen molar-refractivity contribution < 1.29 is 4.79 Å². The lowest BCUT2D eigenvalue weighted by atomic mass is 9.87. The quantitative estimate of drug-likeness (QED) is 0.282. The molecule has 0 heterocycles. The zero-order valence-electron chi connectivity index (χ0n) is 15.0. The summed E-state index contributed by atoms with van der Waals surface area (Å²) in [5.41, 5.74) is 0.206. The molecule has 0 saturated carbocycles. The van der Waals surface area contributed by atoms with E-state index >= 15 is 0 Å². The van der Waals surface area contributed by atoms with E-state index < -0.39 is 0 Å². The van der Waals surface area contributed by atoms with E-state index in [4.69, 9.17) is 0 Å². The summed E-state index contributed by atoms with van der Waals surface area (Å²) in [5.74, 6) is 0.653. The number of rotatable bonds is 10. The van der Waals surface area contributed by atoms with Gasteiger partial charge in [0.2, 0.25) is 5.91 Å². The van der Waals surface area contributed by atoms with Gasteiger partial charge in [0.1, 0.15) is 6.54 Å². The molecular weight excluding hydrogens is 276 g/mol. The van der Waals surface area contributed by atoms with Crippen molar-refractivity contribution in [2.75, 3.05) is 33.7 Å². The lowest BCUT2D eigenvalue weighted by Crippen LogP contribution is -2.42. The Morgan fingerprint density at radius 3 is 2.50 bits per heavy atom. The molecule has 0 radical (unpaired) electrons. The van der Waals surface area contributed by atoms with Crippen molar-refractivity contribution in [3.63, 3.8) is 0 Å². The highest BCUT2D eigenvalue weighted by Gasteiger charge is 2.17. The third-order valence-corrected chi connectivity index (χ3v) is 3.48.